The molecule has 0 aromatic heterocycles. The summed E-state index contributed by atoms with van der Waals surface area (Å²) in [4.78, 5) is 27.8. The van der Waals surface area contributed by atoms with Crippen molar-refractivity contribution in [1.29, 1.82) is 0 Å². The van der Waals surface area contributed by atoms with Crippen molar-refractivity contribution in [3.05, 3.63) is 71.9 Å². The van der Waals surface area contributed by atoms with Crippen LogP contribution in [0.4, 0.5) is 0 Å². The summed E-state index contributed by atoms with van der Waals surface area (Å²) in [6.07, 6.45) is 15.8. The maximum Gasteiger partial charge on any atom is 0.331 e. The predicted molar refractivity (Wildman–Crippen MR) is 376 cm³/mol. The normalized spacial score (nSPS) is 41.4. The van der Waals surface area contributed by atoms with Gasteiger partial charge in [-0.25, -0.2) is 9.59 Å². The maximum atomic E-state index is 13.9. The van der Waals surface area contributed by atoms with Crippen molar-refractivity contribution < 1.29 is 93.1 Å². The Balaban J connectivity index is 1.35. The van der Waals surface area contributed by atoms with Crippen LogP contribution in [0.15, 0.2) is 71.9 Å². The molecular weight excluding hydrogens is 1240 g/mol. The van der Waals surface area contributed by atoms with Gasteiger partial charge in [-0.15, -0.1) is 0 Å². The van der Waals surface area contributed by atoms with Crippen LogP contribution < -0.4 is 0 Å². The van der Waals surface area contributed by atoms with Crippen LogP contribution in [-0.2, 0) is 52.2 Å². The number of esters is 2. The lowest BCUT2D eigenvalue weighted by Gasteiger charge is -2.38. The number of hydrogen-bond donors (Lipinski definition) is 8. The summed E-state index contributed by atoms with van der Waals surface area (Å²) in [6, 6.07) is 0. The SMILES string of the molecule is CO[C@H]1CC(CC[C@H](C)[C@H](O)[C@H](C)[C@H]2OC(=O)/C=C/C(C)=C/C[C@H](O)C[C@@H]3C=CC[C@@H](C[C@H](C)[C@@H](C)[C@@H](O)C[C@@H](O)[C@H](C)[C@@H]([C@@H](C)[C@@H](O)[C@@H](C)CC[C@H]4C[C@H](OC)C[C@H](C)O4)OC(=O)/C=C/C(C)=C/C[C@H](O)C[C@@H]4C=CC[C@@H](C[C@H](OC)[C@@H](C)[C@@H](O)C[C@@H](O)[C@@H]2C)O4)O3)O[C@@H](C)C1. The van der Waals surface area contributed by atoms with E-state index < -0.39 is 115 Å². The fourth-order valence-electron chi connectivity index (χ4n) is 15.3. The zero-order valence-electron chi connectivity index (χ0n) is 61.9. The van der Waals surface area contributed by atoms with Crippen molar-refractivity contribution in [3.8, 4) is 0 Å². The molecule has 97 heavy (non-hydrogen) atoms. The fraction of sp³-hybridized carbons (Fsp3) is 0.821. The van der Waals surface area contributed by atoms with E-state index in [0.29, 0.717) is 75.4 Å². The van der Waals surface area contributed by atoms with Gasteiger partial charge in [0.1, 0.15) is 12.2 Å². The van der Waals surface area contributed by atoms with Gasteiger partial charge in [-0.1, -0.05) is 122 Å². The molecule has 0 saturated carbocycles. The minimum absolute atomic E-state index is 0.000114. The molecule has 19 nitrogen and oxygen atoms in total. The Morgan fingerprint density at radius 3 is 1.26 bits per heavy atom. The zero-order valence-corrected chi connectivity index (χ0v) is 61.9. The van der Waals surface area contributed by atoms with Gasteiger partial charge in [0.25, 0.3) is 0 Å². The molecule has 0 aromatic carbocycles. The van der Waals surface area contributed by atoms with Gasteiger partial charge < -0.3 is 83.5 Å². The number of allylic oxidation sites excluding steroid dienone is 4. The van der Waals surface area contributed by atoms with Gasteiger partial charge in [-0.2, -0.15) is 0 Å². The Kier molecular flexibility index (Phi) is 36.9. The molecule has 5 aliphatic rings. The van der Waals surface area contributed by atoms with Crippen LogP contribution in [0.2, 0.25) is 0 Å². The lowest BCUT2D eigenvalue weighted by molar-refractivity contribution is -0.158. The second-order valence-electron chi connectivity index (χ2n) is 30.5. The molecule has 5 rings (SSSR count). The smallest absolute Gasteiger partial charge is 0.331 e. The summed E-state index contributed by atoms with van der Waals surface area (Å²) in [6.45, 7) is 24.8. The van der Waals surface area contributed by atoms with E-state index in [0.717, 1.165) is 25.7 Å². The summed E-state index contributed by atoms with van der Waals surface area (Å²) in [5, 5.41) is 94.3. The number of rotatable bonds is 15. The van der Waals surface area contributed by atoms with E-state index in [4.69, 9.17) is 42.6 Å². The third kappa shape index (κ3) is 28.2. The summed E-state index contributed by atoms with van der Waals surface area (Å²) in [5.74, 6) is -5.20. The first-order chi connectivity index (χ1) is 45.9. The molecule has 1 unspecified atom stereocenters. The van der Waals surface area contributed by atoms with E-state index in [1.807, 2.05) is 99.6 Å². The number of ether oxygens (including phenoxy) is 9. The van der Waals surface area contributed by atoms with Gasteiger partial charge in [0.15, 0.2) is 0 Å². The molecule has 30 atom stereocenters. The van der Waals surface area contributed by atoms with Crippen molar-refractivity contribution in [2.45, 2.75) is 334 Å². The Bertz CT molecular complexity index is 2460. The molecule has 0 spiro atoms. The van der Waals surface area contributed by atoms with Crippen LogP contribution in [0.5, 0.6) is 0 Å². The molecule has 0 amide bonds. The maximum absolute atomic E-state index is 13.9. The Labute approximate surface area is 582 Å². The van der Waals surface area contributed by atoms with Crippen molar-refractivity contribution in [3.63, 3.8) is 0 Å². The molecule has 558 valence electrons. The molecule has 0 radical (unpaired) electrons. The van der Waals surface area contributed by atoms with E-state index in [1.54, 1.807) is 47.3 Å². The largest absolute Gasteiger partial charge is 0.458 e. The molecule has 4 bridgehead atoms. The fourth-order valence-corrected chi connectivity index (χ4v) is 15.3. The summed E-state index contributed by atoms with van der Waals surface area (Å²) in [7, 11) is 5.02. The Hall–Kier alpha value is -3.22. The quantitative estimate of drug-likeness (QED) is 0.0559. The lowest BCUT2D eigenvalue weighted by atomic mass is 9.78. The first kappa shape index (κ1) is 84.4. The van der Waals surface area contributed by atoms with E-state index >= 15 is 0 Å². The highest BCUT2D eigenvalue weighted by Gasteiger charge is 2.42. The van der Waals surface area contributed by atoms with E-state index in [2.05, 4.69) is 13.0 Å². The highest BCUT2D eigenvalue weighted by Crippen LogP contribution is 2.37. The number of methoxy groups -OCH3 is 3. The third-order valence-electron chi connectivity index (χ3n) is 22.4. The average molecular weight is 1370 g/mol. The van der Waals surface area contributed by atoms with Crippen LogP contribution in [0, 0.1) is 53.3 Å². The second kappa shape index (κ2) is 42.4. The van der Waals surface area contributed by atoms with Crippen LogP contribution in [0.25, 0.3) is 0 Å². The molecule has 0 aliphatic carbocycles. The average Bonchev–Trinajstić information content (AvgIpc) is 0.870. The number of carbonyl (C=O) groups is 2. The minimum atomic E-state index is -1.16. The van der Waals surface area contributed by atoms with Crippen molar-refractivity contribution in [1.82, 2.24) is 0 Å². The van der Waals surface area contributed by atoms with Gasteiger partial charge in [0.2, 0.25) is 0 Å². The number of aliphatic hydroxyl groups excluding tert-OH is 8. The molecule has 2 fully saturated rings. The Morgan fingerprint density at radius 1 is 0.464 bits per heavy atom. The predicted octanol–water partition coefficient (Wildman–Crippen LogP) is 10.7. The van der Waals surface area contributed by atoms with Gasteiger partial charge in [0, 0.05) is 82.3 Å². The summed E-state index contributed by atoms with van der Waals surface area (Å²) < 4.78 is 55.4. The van der Waals surface area contributed by atoms with E-state index in [9.17, 15) is 50.4 Å². The van der Waals surface area contributed by atoms with Gasteiger partial charge >= 0.3 is 11.9 Å². The van der Waals surface area contributed by atoms with Gasteiger partial charge in [-0.05, 0) is 148 Å². The van der Waals surface area contributed by atoms with Crippen molar-refractivity contribution >= 4 is 11.9 Å². The first-order valence-electron chi connectivity index (χ1n) is 37.0. The van der Waals surface area contributed by atoms with Crippen LogP contribution in [0.3, 0.4) is 0 Å². The third-order valence-corrected chi connectivity index (χ3v) is 22.4. The first-order valence-corrected chi connectivity index (χ1v) is 37.0. The standard InChI is InChI=1S/C78H132O19/c1-45-23-29-58(79)38-61-20-17-19-60(94-61)35-49(5)52(8)68(81)43-70(83)54(10)77(56(12)75(87)47(3)27-31-64-40-66(89-14)36-50(6)92-64)96-73(85)33-25-46(2)24-30-59(80)39-62-21-18-22-63(95-62)42-72(91-16)53(9)69(82)44-71(84)55(11)78(97-74(86)34-26-45)57(13)76(88)48(4)28-32-65-41-67(90-15)37-51(7)93-65/h17-18,20-21,23-26,33-34,47-72,75-84,87-88H,19,22,27-32,35-44H2,1-16H3/b33-25+,34-26+,45-23+,46-24+/t47-,48-,49-,50-,51-,52+,53-,54-,55-,56-,57-,58-,59-,60-,61-,62-,63-,64-,65?,66+,67+,68-,69-,70+,71+,72-,75-,76-,77-,78-/m0/s1. The summed E-state index contributed by atoms with van der Waals surface area (Å²) >= 11 is 0. The number of hydrogen-bond acceptors (Lipinski definition) is 19. The molecule has 0 aromatic rings. The Morgan fingerprint density at radius 2 is 0.856 bits per heavy atom. The monoisotopic (exact) mass is 1370 g/mol. The van der Waals surface area contributed by atoms with E-state index in [1.165, 1.54) is 12.2 Å². The van der Waals surface area contributed by atoms with E-state index in [-0.39, 0.29) is 104 Å². The van der Waals surface area contributed by atoms with Gasteiger partial charge in [0.05, 0.1) is 116 Å². The molecule has 5 heterocycles. The molecular formula is C78H132O19. The molecule has 5 aliphatic heterocycles. The number of fused-ring (bicyclic) bond motifs is 4. The highest BCUT2D eigenvalue weighted by molar-refractivity contribution is 5.83. The number of carbonyl (C=O) groups excluding carboxylic acids is 2. The summed E-state index contributed by atoms with van der Waals surface area (Å²) in [5.41, 5.74) is 1.41. The topological polar surface area (TPSA) is 279 Å². The zero-order chi connectivity index (χ0) is 71.8. The molecule has 19 heteroatoms. The van der Waals surface area contributed by atoms with Crippen molar-refractivity contribution in [2.24, 2.45) is 53.3 Å². The lowest BCUT2D eigenvalue weighted by Crippen LogP contribution is -2.45. The minimum Gasteiger partial charge on any atom is -0.458 e. The number of cyclic esters (lactones) is 2. The molecule has 8 N–H and O–H groups in total. The van der Waals surface area contributed by atoms with Crippen LogP contribution in [0.1, 0.15) is 206 Å². The van der Waals surface area contributed by atoms with Crippen LogP contribution >= 0.6 is 0 Å². The molecule has 2 saturated heterocycles. The van der Waals surface area contributed by atoms with Crippen LogP contribution in [-0.4, -0.2) is 202 Å². The van der Waals surface area contributed by atoms with Crippen molar-refractivity contribution in [2.75, 3.05) is 21.3 Å². The van der Waals surface area contributed by atoms with Gasteiger partial charge in [-0.3, -0.25) is 0 Å². The highest BCUT2D eigenvalue weighted by atomic mass is 16.6. The second-order valence-corrected chi connectivity index (χ2v) is 30.5. The number of aliphatic hydroxyl groups is 8.